The van der Waals surface area contributed by atoms with E-state index in [-0.39, 0.29) is 17.4 Å². The number of para-hydroxylation sites is 1. The number of morpholine rings is 1. The Kier molecular flexibility index (Phi) is 3.14. The molecule has 0 radical (unpaired) electrons. The Labute approximate surface area is 99.1 Å². The lowest BCUT2D eigenvalue weighted by molar-refractivity contribution is -0.383. The molecule has 1 saturated heterocycles. The average molecular weight is 237 g/mol. The van der Waals surface area contributed by atoms with E-state index in [0.717, 1.165) is 0 Å². The number of nitro groups is 1. The normalized spacial score (nSPS) is 20.3. The zero-order valence-corrected chi connectivity index (χ0v) is 9.63. The Balaban J connectivity index is 2.43. The molecule has 0 amide bonds. The van der Waals surface area contributed by atoms with Gasteiger partial charge in [0, 0.05) is 12.6 Å². The summed E-state index contributed by atoms with van der Waals surface area (Å²) in [5, 5.41) is 11.1. The number of nitrogen functional groups attached to an aromatic ring is 1. The quantitative estimate of drug-likeness (QED) is 0.477. The van der Waals surface area contributed by atoms with Gasteiger partial charge in [-0.25, -0.2) is 0 Å². The predicted octanol–water partition coefficient (Wildman–Crippen LogP) is 1.40. The fraction of sp³-hybridized carbons (Fsp3) is 0.455. The first-order valence-electron chi connectivity index (χ1n) is 5.48. The van der Waals surface area contributed by atoms with Crippen molar-refractivity contribution in [1.82, 2.24) is 0 Å². The molecule has 1 aromatic carbocycles. The Hall–Kier alpha value is -1.82. The van der Waals surface area contributed by atoms with Crippen molar-refractivity contribution >= 4 is 17.1 Å². The molecule has 0 aliphatic carbocycles. The Morgan fingerprint density at radius 2 is 2.35 bits per heavy atom. The number of hydrogen-bond acceptors (Lipinski definition) is 5. The SMILES string of the molecule is CC1COCCN1c1cccc(N)c1[N+](=O)[O-]. The molecule has 2 rings (SSSR count). The Morgan fingerprint density at radius 1 is 1.59 bits per heavy atom. The average Bonchev–Trinajstić information content (AvgIpc) is 2.28. The first-order chi connectivity index (χ1) is 8.11. The van der Waals surface area contributed by atoms with Crippen LogP contribution in [-0.4, -0.2) is 30.7 Å². The summed E-state index contributed by atoms with van der Waals surface area (Å²) in [6.45, 7) is 3.78. The van der Waals surface area contributed by atoms with Crippen LogP contribution < -0.4 is 10.6 Å². The number of anilines is 2. The molecule has 92 valence electrons. The van der Waals surface area contributed by atoms with E-state index in [1.807, 2.05) is 11.8 Å². The lowest BCUT2D eigenvalue weighted by atomic mass is 10.1. The van der Waals surface area contributed by atoms with Gasteiger partial charge in [-0.2, -0.15) is 0 Å². The van der Waals surface area contributed by atoms with Gasteiger partial charge in [0.05, 0.1) is 18.1 Å². The van der Waals surface area contributed by atoms with Crippen molar-refractivity contribution in [2.75, 3.05) is 30.4 Å². The molecule has 17 heavy (non-hydrogen) atoms. The minimum absolute atomic E-state index is 0.0127. The van der Waals surface area contributed by atoms with E-state index in [4.69, 9.17) is 10.5 Å². The van der Waals surface area contributed by atoms with Crippen molar-refractivity contribution in [1.29, 1.82) is 0 Å². The van der Waals surface area contributed by atoms with Gasteiger partial charge in [-0.3, -0.25) is 10.1 Å². The zero-order valence-electron chi connectivity index (χ0n) is 9.63. The van der Waals surface area contributed by atoms with Crippen LogP contribution in [0.2, 0.25) is 0 Å². The van der Waals surface area contributed by atoms with E-state index >= 15 is 0 Å². The second-order valence-corrected chi connectivity index (χ2v) is 4.09. The van der Waals surface area contributed by atoms with Crippen LogP contribution in [0.5, 0.6) is 0 Å². The molecule has 0 spiro atoms. The lowest BCUT2D eigenvalue weighted by Gasteiger charge is -2.34. The van der Waals surface area contributed by atoms with E-state index in [9.17, 15) is 10.1 Å². The summed E-state index contributed by atoms with van der Waals surface area (Å²) in [5.41, 5.74) is 6.44. The molecular weight excluding hydrogens is 222 g/mol. The van der Waals surface area contributed by atoms with Gasteiger partial charge in [0.2, 0.25) is 0 Å². The summed E-state index contributed by atoms with van der Waals surface area (Å²) in [5.74, 6) is 0. The number of benzene rings is 1. The molecule has 1 aliphatic heterocycles. The third kappa shape index (κ3) is 2.16. The smallest absolute Gasteiger partial charge is 0.315 e. The molecule has 2 N–H and O–H groups in total. The molecule has 0 saturated carbocycles. The van der Waals surface area contributed by atoms with E-state index in [2.05, 4.69) is 0 Å². The van der Waals surface area contributed by atoms with Crippen LogP contribution in [0.3, 0.4) is 0 Å². The molecule has 0 aromatic heterocycles. The highest BCUT2D eigenvalue weighted by atomic mass is 16.6. The van der Waals surface area contributed by atoms with Crippen LogP contribution in [-0.2, 0) is 4.74 Å². The zero-order chi connectivity index (χ0) is 12.4. The van der Waals surface area contributed by atoms with Gasteiger partial charge in [-0.05, 0) is 19.1 Å². The highest BCUT2D eigenvalue weighted by Gasteiger charge is 2.27. The van der Waals surface area contributed by atoms with Crippen molar-refractivity contribution < 1.29 is 9.66 Å². The van der Waals surface area contributed by atoms with Crippen LogP contribution in [0.25, 0.3) is 0 Å². The van der Waals surface area contributed by atoms with Gasteiger partial charge in [0.15, 0.2) is 0 Å². The summed E-state index contributed by atoms with van der Waals surface area (Å²) in [7, 11) is 0. The minimum atomic E-state index is -0.424. The second-order valence-electron chi connectivity index (χ2n) is 4.09. The van der Waals surface area contributed by atoms with Crippen LogP contribution in [0.4, 0.5) is 17.1 Å². The van der Waals surface area contributed by atoms with Gasteiger partial charge in [-0.15, -0.1) is 0 Å². The largest absolute Gasteiger partial charge is 0.393 e. The molecule has 1 aliphatic rings. The molecule has 1 aromatic rings. The molecule has 1 atom stereocenters. The van der Waals surface area contributed by atoms with Crippen LogP contribution >= 0.6 is 0 Å². The number of nitro benzene ring substituents is 1. The summed E-state index contributed by atoms with van der Waals surface area (Å²) in [6, 6.07) is 5.13. The Bertz CT molecular complexity index is 436. The first-order valence-corrected chi connectivity index (χ1v) is 5.48. The van der Waals surface area contributed by atoms with Crippen molar-refractivity contribution in [2.24, 2.45) is 0 Å². The molecule has 6 heteroatoms. The van der Waals surface area contributed by atoms with Gasteiger partial charge in [0.1, 0.15) is 11.4 Å². The van der Waals surface area contributed by atoms with Gasteiger partial charge in [-0.1, -0.05) is 6.07 Å². The number of nitrogens with zero attached hydrogens (tertiary/aromatic N) is 2. The van der Waals surface area contributed by atoms with Crippen LogP contribution in [0, 0.1) is 10.1 Å². The highest BCUT2D eigenvalue weighted by Crippen LogP contribution is 2.35. The standard InChI is InChI=1S/C11H15N3O3/c1-8-7-17-6-5-13(8)10-4-2-3-9(12)11(10)14(15)16/h2-4,8H,5-7,12H2,1H3. The van der Waals surface area contributed by atoms with E-state index < -0.39 is 4.92 Å². The van der Waals surface area contributed by atoms with Gasteiger partial charge in [0.25, 0.3) is 0 Å². The van der Waals surface area contributed by atoms with Gasteiger partial charge >= 0.3 is 5.69 Å². The summed E-state index contributed by atoms with van der Waals surface area (Å²) in [4.78, 5) is 12.6. The van der Waals surface area contributed by atoms with E-state index in [1.165, 1.54) is 0 Å². The summed E-state index contributed by atoms with van der Waals surface area (Å²) >= 11 is 0. The van der Waals surface area contributed by atoms with Crippen molar-refractivity contribution in [3.8, 4) is 0 Å². The lowest BCUT2D eigenvalue weighted by Crippen LogP contribution is -2.44. The van der Waals surface area contributed by atoms with Crippen molar-refractivity contribution in [2.45, 2.75) is 13.0 Å². The van der Waals surface area contributed by atoms with E-state index in [0.29, 0.717) is 25.4 Å². The van der Waals surface area contributed by atoms with Crippen LogP contribution in [0.1, 0.15) is 6.92 Å². The van der Waals surface area contributed by atoms with Crippen molar-refractivity contribution in [3.63, 3.8) is 0 Å². The topological polar surface area (TPSA) is 81.6 Å². The van der Waals surface area contributed by atoms with Gasteiger partial charge < -0.3 is 15.4 Å². The third-order valence-electron chi connectivity index (χ3n) is 2.91. The molecule has 1 fully saturated rings. The van der Waals surface area contributed by atoms with Crippen molar-refractivity contribution in [3.05, 3.63) is 28.3 Å². The third-order valence-corrected chi connectivity index (χ3v) is 2.91. The minimum Gasteiger partial charge on any atom is -0.393 e. The van der Waals surface area contributed by atoms with Crippen LogP contribution in [0.15, 0.2) is 18.2 Å². The highest BCUT2D eigenvalue weighted by molar-refractivity contribution is 5.75. The number of hydrogen-bond donors (Lipinski definition) is 1. The first kappa shape index (κ1) is 11.7. The maximum Gasteiger partial charge on any atom is 0.315 e. The number of ether oxygens (including phenoxy) is 1. The summed E-state index contributed by atoms with van der Waals surface area (Å²) < 4.78 is 5.32. The molecule has 1 heterocycles. The molecule has 1 unspecified atom stereocenters. The maximum absolute atomic E-state index is 11.1. The maximum atomic E-state index is 11.1. The molecule has 6 nitrogen and oxygen atoms in total. The molecular formula is C11H15N3O3. The fourth-order valence-electron chi connectivity index (χ4n) is 2.06. The fourth-order valence-corrected chi connectivity index (χ4v) is 2.06. The molecule has 0 bridgehead atoms. The second kappa shape index (κ2) is 4.58. The van der Waals surface area contributed by atoms with E-state index in [1.54, 1.807) is 18.2 Å². The monoisotopic (exact) mass is 237 g/mol. The predicted molar refractivity (Wildman–Crippen MR) is 65.1 cm³/mol. The Morgan fingerprint density at radius 3 is 3.00 bits per heavy atom. The number of rotatable bonds is 2. The summed E-state index contributed by atoms with van der Waals surface area (Å²) in [6.07, 6.45) is 0. The number of nitrogens with two attached hydrogens (primary N) is 1.